The predicted molar refractivity (Wildman–Crippen MR) is 58.6 cm³/mol. The zero-order chi connectivity index (χ0) is 10.7. The van der Waals surface area contributed by atoms with Crippen molar-refractivity contribution in [1.82, 2.24) is 0 Å². The van der Waals surface area contributed by atoms with Gasteiger partial charge >= 0.3 is 0 Å². The molecule has 0 aliphatic heterocycles. The van der Waals surface area contributed by atoms with Crippen LogP contribution in [0.1, 0.15) is 24.3 Å². The van der Waals surface area contributed by atoms with Gasteiger partial charge in [-0.1, -0.05) is 36.4 Å². The Balaban J connectivity index is 2.16. The summed E-state index contributed by atoms with van der Waals surface area (Å²) in [5, 5.41) is 8.93. The van der Waals surface area contributed by atoms with Crippen molar-refractivity contribution >= 4 is 5.78 Å². The molecule has 0 saturated heterocycles. The summed E-state index contributed by atoms with van der Waals surface area (Å²) in [5.41, 5.74) is 1.78. The number of hydrogen-bond donors (Lipinski definition) is 1. The fourth-order valence-electron chi connectivity index (χ4n) is 1.97. The summed E-state index contributed by atoms with van der Waals surface area (Å²) in [7, 11) is 0. The normalized spacial score (nSPS) is 21.3. The zero-order valence-corrected chi connectivity index (χ0v) is 8.52. The number of hydrogen-bond acceptors (Lipinski definition) is 2. The molecule has 1 aromatic carbocycles. The summed E-state index contributed by atoms with van der Waals surface area (Å²) in [6, 6.07) is 10.1. The van der Waals surface area contributed by atoms with Crippen LogP contribution in [0.5, 0.6) is 0 Å². The summed E-state index contributed by atoms with van der Waals surface area (Å²) in [6.07, 6.45) is 3.24. The minimum atomic E-state index is -0.125. The van der Waals surface area contributed by atoms with Crippen LogP contribution < -0.4 is 0 Å². The Bertz CT molecular complexity index is 379. The molecule has 0 fully saturated rings. The maximum Gasteiger partial charge on any atom is 0.161 e. The molecule has 0 spiro atoms. The molecule has 1 atom stereocenters. The maximum atomic E-state index is 11.6. The van der Waals surface area contributed by atoms with Crippen molar-refractivity contribution < 1.29 is 9.90 Å². The second-order valence-electron chi connectivity index (χ2n) is 3.86. The molecule has 1 N–H and O–H groups in total. The number of carbonyl (C=O) groups is 1. The molecule has 1 unspecified atom stereocenters. The van der Waals surface area contributed by atoms with Crippen LogP contribution in [0.15, 0.2) is 42.0 Å². The van der Waals surface area contributed by atoms with Crippen LogP contribution in [0, 0.1) is 0 Å². The van der Waals surface area contributed by atoms with Gasteiger partial charge in [0, 0.05) is 12.0 Å². The van der Waals surface area contributed by atoms with Crippen LogP contribution in [-0.4, -0.2) is 17.5 Å². The average Bonchev–Trinajstić information content (AvgIpc) is 2.30. The van der Waals surface area contributed by atoms with E-state index in [-0.39, 0.29) is 18.3 Å². The lowest BCUT2D eigenvalue weighted by Gasteiger charge is -2.20. The second-order valence-corrected chi connectivity index (χ2v) is 3.86. The number of ketones is 1. The first-order chi connectivity index (χ1) is 7.31. The minimum absolute atomic E-state index is 0.0811. The Labute approximate surface area is 89.2 Å². The molecule has 2 rings (SSSR count). The molecule has 0 aromatic heterocycles. The third kappa shape index (κ3) is 2.16. The van der Waals surface area contributed by atoms with Crippen LogP contribution in [-0.2, 0) is 4.79 Å². The molecule has 78 valence electrons. The van der Waals surface area contributed by atoms with Gasteiger partial charge in [-0.15, -0.1) is 0 Å². The Morgan fingerprint density at radius 2 is 2.00 bits per heavy atom. The molecule has 1 aliphatic rings. The van der Waals surface area contributed by atoms with E-state index in [9.17, 15) is 4.79 Å². The van der Waals surface area contributed by atoms with Gasteiger partial charge in [-0.2, -0.15) is 0 Å². The van der Waals surface area contributed by atoms with Crippen molar-refractivity contribution in [1.29, 1.82) is 0 Å². The summed E-state index contributed by atoms with van der Waals surface area (Å²) >= 11 is 0. The van der Waals surface area contributed by atoms with Crippen LogP contribution in [0.2, 0.25) is 0 Å². The van der Waals surface area contributed by atoms with Gasteiger partial charge in [0.05, 0.1) is 6.61 Å². The number of aliphatic hydroxyl groups is 1. The lowest BCUT2D eigenvalue weighted by atomic mass is 9.84. The summed E-state index contributed by atoms with van der Waals surface area (Å²) in [4.78, 5) is 11.6. The van der Waals surface area contributed by atoms with Gasteiger partial charge in [-0.3, -0.25) is 4.79 Å². The van der Waals surface area contributed by atoms with Crippen molar-refractivity contribution in [3.05, 3.63) is 47.5 Å². The van der Waals surface area contributed by atoms with Crippen molar-refractivity contribution in [2.75, 3.05) is 6.61 Å². The molecular formula is C13H14O2. The van der Waals surface area contributed by atoms with Crippen LogP contribution >= 0.6 is 0 Å². The Hall–Kier alpha value is -1.41. The molecule has 0 radical (unpaired) electrons. The third-order valence-corrected chi connectivity index (χ3v) is 2.88. The van der Waals surface area contributed by atoms with Crippen molar-refractivity contribution in [3.63, 3.8) is 0 Å². The number of rotatable bonds is 2. The third-order valence-electron chi connectivity index (χ3n) is 2.88. The number of carbonyl (C=O) groups excluding carboxylic acids is 1. The Morgan fingerprint density at radius 1 is 1.27 bits per heavy atom. The van der Waals surface area contributed by atoms with E-state index in [2.05, 4.69) is 12.1 Å². The Morgan fingerprint density at radius 3 is 2.60 bits per heavy atom. The van der Waals surface area contributed by atoms with E-state index in [0.29, 0.717) is 12.0 Å². The first-order valence-electron chi connectivity index (χ1n) is 5.19. The number of aliphatic hydroxyl groups excluding tert-OH is 1. The standard InChI is InChI=1S/C13H14O2/c14-9-12-7-6-11(8-13(12)15)10-4-2-1-3-5-10/h1-5,7,11,14H,6,8-9H2. The largest absolute Gasteiger partial charge is 0.392 e. The van der Waals surface area contributed by atoms with Crippen molar-refractivity contribution in [3.8, 4) is 0 Å². The summed E-state index contributed by atoms with van der Waals surface area (Å²) < 4.78 is 0. The van der Waals surface area contributed by atoms with Gasteiger partial charge in [-0.25, -0.2) is 0 Å². The highest BCUT2D eigenvalue weighted by Gasteiger charge is 2.22. The SMILES string of the molecule is O=C1CC(c2ccccc2)CC=C1CO. The maximum absolute atomic E-state index is 11.6. The first kappa shape index (κ1) is 10.1. The van der Waals surface area contributed by atoms with Crippen molar-refractivity contribution in [2.45, 2.75) is 18.8 Å². The first-order valence-corrected chi connectivity index (χ1v) is 5.19. The molecule has 0 heterocycles. The smallest absolute Gasteiger partial charge is 0.161 e. The van der Waals surface area contributed by atoms with E-state index in [0.717, 1.165) is 6.42 Å². The van der Waals surface area contributed by atoms with Gasteiger partial charge in [0.1, 0.15) is 0 Å². The molecular weight excluding hydrogens is 188 g/mol. The van der Waals surface area contributed by atoms with Gasteiger partial charge in [-0.05, 0) is 17.9 Å². The fraction of sp³-hybridized carbons (Fsp3) is 0.308. The van der Waals surface area contributed by atoms with Gasteiger partial charge < -0.3 is 5.11 Å². The number of Topliss-reactive ketones (excluding diaryl/α,β-unsaturated/α-hetero) is 1. The molecule has 1 aromatic rings. The molecule has 0 amide bonds. The van der Waals surface area contributed by atoms with Gasteiger partial charge in [0.15, 0.2) is 5.78 Å². The van der Waals surface area contributed by atoms with Crippen LogP contribution in [0.25, 0.3) is 0 Å². The van der Waals surface area contributed by atoms with Crippen LogP contribution in [0.3, 0.4) is 0 Å². The highest BCUT2D eigenvalue weighted by molar-refractivity contribution is 5.96. The van der Waals surface area contributed by atoms with Gasteiger partial charge in [0.25, 0.3) is 0 Å². The minimum Gasteiger partial charge on any atom is -0.392 e. The van der Waals surface area contributed by atoms with Crippen LogP contribution in [0.4, 0.5) is 0 Å². The average molecular weight is 202 g/mol. The van der Waals surface area contributed by atoms with E-state index >= 15 is 0 Å². The highest BCUT2D eigenvalue weighted by atomic mass is 16.3. The molecule has 0 saturated carbocycles. The molecule has 2 heteroatoms. The molecule has 0 bridgehead atoms. The zero-order valence-electron chi connectivity index (χ0n) is 8.52. The lowest BCUT2D eigenvalue weighted by molar-refractivity contribution is -0.116. The van der Waals surface area contributed by atoms with E-state index in [1.54, 1.807) is 0 Å². The van der Waals surface area contributed by atoms with E-state index in [1.165, 1.54) is 5.56 Å². The highest BCUT2D eigenvalue weighted by Crippen LogP contribution is 2.29. The molecule has 1 aliphatic carbocycles. The summed E-state index contributed by atoms with van der Waals surface area (Å²) in [6.45, 7) is -0.125. The number of benzene rings is 1. The van der Waals surface area contributed by atoms with Gasteiger partial charge in [0.2, 0.25) is 0 Å². The van der Waals surface area contributed by atoms with Crippen molar-refractivity contribution in [2.24, 2.45) is 0 Å². The quantitative estimate of drug-likeness (QED) is 0.797. The monoisotopic (exact) mass is 202 g/mol. The molecule has 15 heavy (non-hydrogen) atoms. The van der Waals surface area contributed by atoms with E-state index in [1.807, 2.05) is 24.3 Å². The number of allylic oxidation sites excluding steroid dienone is 1. The topological polar surface area (TPSA) is 37.3 Å². The second kappa shape index (κ2) is 4.41. The fourth-order valence-corrected chi connectivity index (χ4v) is 1.97. The molecule has 2 nitrogen and oxygen atoms in total. The van der Waals surface area contributed by atoms with E-state index < -0.39 is 0 Å². The Kier molecular flexibility index (Phi) is 2.97. The predicted octanol–water partition coefficient (Wildman–Crippen LogP) is 2.05. The lowest BCUT2D eigenvalue weighted by Crippen LogP contribution is -2.16. The van der Waals surface area contributed by atoms with E-state index in [4.69, 9.17) is 5.11 Å². The summed E-state index contributed by atoms with van der Waals surface area (Å²) in [5.74, 6) is 0.367.